The quantitative estimate of drug-likeness (QED) is 0.379. The molecule has 0 aromatic heterocycles. The highest BCUT2D eigenvalue weighted by Crippen LogP contribution is 2.35. The van der Waals surface area contributed by atoms with E-state index in [0.29, 0.717) is 23.7 Å². The van der Waals surface area contributed by atoms with Crippen LogP contribution in [0.25, 0.3) is 0 Å². The zero-order valence-corrected chi connectivity index (χ0v) is 16.0. The molecule has 1 aromatic carbocycles. The minimum absolute atomic E-state index is 0.0199. The average molecular weight is 341 g/mol. The van der Waals surface area contributed by atoms with Gasteiger partial charge in [-0.15, -0.1) is 0 Å². The Kier molecular flexibility index (Phi) is 10.0. The average Bonchev–Trinajstić information content (AvgIpc) is 2.53. The number of hydrogen-bond donors (Lipinski definition) is 0. The number of benzene rings is 1. The fourth-order valence-corrected chi connectivity index (χ4v) is 2.09. The summed E-state index contributed by atoms with van der Waals surface area (Å²) in [5.41, 5.74) is 0.682. The van der Waals surface area contributed by atoms with Crippen LogP contribution >= 0.6 is 0 Å². The topological polar surface area (TPSA) is 70.8 Å². The van der Waals surface area contributed by atoms with Crippen LogP contribution in [0.2, 0.25) is 0 Å². The van der Waals surface area contributed by atoms with E-state index >= 15 is 0 Å². The van der Waals surface area contributed by atoms with Gasteiger partial charge in [-0.25, -0.2) is 0 Å². The molecule has 0 bridgehead atoms. The molecule has 0 amide bonds. The van der Waals surface area contributed by atoms with Crippen molar-refractivity contribution in [3.63, 3.8) is 0 Å². The van der Waals surface area contributed by atoms with Crippen molar-refractivity contribution in [2.45, 2.75) is 54.1 Å². The highest BCUT2D eigenvalue weighted by molar-refractivity contribution is 5.54. The van der Waals surface area contributed by atoms with Gasteiger partial charge in [-0.05, 0) is 24.3 Å². The van der Waals surface area contributed by atoms with E-state index in [2.05, 4.69) is 20.8 Å². The molecule has 0 heterocycles. The molecule has 6 heteroatoms. The van der Waals surface area contributed by atoms with Gasteiger partial charge in [0.25, 0.3) is 5.69 Å². The van der Waals surface area contributed by atoms with Crippen LogP contribution in [0.3, 0.4) is 0 Å². The number of rotatable bonds is 8. The first-order valence-electron chi connectivity index (χ1n) is 8.25. The van der Waals surface area contributed by atoms with Crippen molar-refractivity contribution in [2.24, 2.45) is 5.41 Å². The van der Waals surface area contributed by atoms with Gasteiger partial charge in [0.1, 0.15) is 0 Å². The highest BCUT2D eigenvalue weighted by Gasteiger charge is 2.20. The van der Waals surface area contributed by atoms with Crippen LogP contribution in [0.5, 0.6) is 11.5 Å². The van der Waals surface area contributed by atoms with Gasteiger partial charge in [-0.3, -0.25) is 10.1 Å². The minimum Gasteiger partial charge on any atom is -0.493 e. The number of ether oxygens (including phenoxy) is 3. The third kappa shape index (κ3) is 7.64. The van der Waals surface area contributed by atoms with Crippen LogP contribution in [0.15, 0.2) is 12.1 Å². The summed E-state index contributed by atoms with van der Waals surface area (Å²) in [6, 6.07) is 3.00. The molecule has 0 aliphatic carbocycles. The van der Waals surface area contributed by atoms with E-state index in [1.54, 1.807) is 6.07 Å². The third-order valence-corrected chi connectivity index (χ3v) is 3.19. The van der Waals surface area contributed by atoms with Gasteiger partial charge < -0.3 is 14.2 Å². The van der Waals surface area contributed by atoms with Gasteiger partial charge >= 0.3 is 0 Å². The van der Waals surface area contributed by atoms with Crippen molar-refractivity contribution in [1.29, 1.82) is 0 Å². The number of nitro groups is 1. The first-order chi connectivity index (χ1) is 11.3. The van der Waals surface area contributed by atoms with Crippen LogP contribution in [-0.2, 0) is 11.3 Å². The molecule has 0 unspecified atom stereocenters. The number of nitro benzene ring substituents is 1. The van der Waals surface area contributed by atoms with E-state index in [1.165, 1.54) is 20.3 Å². The molecule has 0 aliphatic rings. The molecule has 0 radical (unpaired) electrons. The molecular formula is C18H31NO5. The summed E-state index contributed by atoms with van der Waals surface area (Å²) in [6.07, 6.45) is 1.89. The Morgan fingerprint density at radius 1 is 1.12 bits per heavy atom. The van der Waals surface area contributed by atoms with Gasteiger partial charge in [0, 0.05) is 7.11 Å². The first kappa shape index (κ1) is 22.2. The largest absolute Gasteiger partial charge is 0.493 e. The fourth-order valence-electron chi connectivity index (χ4n) is 2.09. The second-order valence-corrected chi connectivity index (χ2v) is 6.33. The lowest BCUT2D eigenvalue weighted by molar-refractivity contribution is -0.386. The SMILES string of the molecule is CC.COCc1cc(OC)c(OCCCC(C)(C)C)cc1[N+](=O)[O-]. The molecule has 0 saturated carbocycles. The Morgan fingerprint density at radius 3 is 2.21 bits per heavy atom. The second kappa shape index (κ2) is 10.9. The standard InChI is InChI=1S/C16H25NO5.C2H6/c1-16(2,3)7-6-8-22-15-10-13(17(18)19)12(11-20-4)9-14(15)21-5;1-2/h9-10H,6-8,11H2,1-5H3;1-2H3. The number of methoxy groups -OCH3 is 2. The third-order valence-electron chi connectivity index (χ3n) is 3.19. The van der Waals surface area contributed by atoms with Crippen LogP contribution in [0, 0.1) is 15.5 Å². The van der Waals surface area contributed by atoms with E-state index in [9.17, 15) is 10.1 Å². The van der Waals surface area contributed by atoms with E-state index in [-0.39, 0.29) is 17.7 Å². The maximum absolute atomic E-state index is 11.2. The fraction of sp³-hybridized carbons (Fsp3) is 0.667. The van der Waals surface area contributed by atoms with Gasteiger partial charge in [0.05, 0.1) is 36.9 Å². The zero-order chi connectivity index (χ0) is 18.8. The summed E-state index contributed by atoms with van der Waals surface area (Å²) in [5.74, 6) is 0.872. The van der Waals surface area contributed by atoms with Gasteiger partial charge in [0.15, 0.2) is 11.5 Å². The Balaban J connectivity index is 0.00000254. The Bertz CT molecular complexity index is 509. The summed E-state index contributed by atoms with van der Waals surface area (Å²) >= 11 is 0. The molecular weight excluding hydrogens is 310 g/mol. The van der Waals surface area contributed by atoms with Crippen molar-refractivity contribution < 1.29 is 19.1 Å². The first-order valence-corrected chi connectivity index (χ1v) is 8.25. The van der Waals surface area contributed by atoms with Crippen molar-refractivity contribution in [3.05, 3.63) is 27.8 Å². The molecule has 0 aliphatic heterocycles. The molecule has 1 rings (SSSR count). The smallest absolute Gasteiger partial charge is 0.278 e. The van der Waals surface area contributed by atoms with Crippen molar-refractivity contribution in [1.82, 2.24) is 0 Å². The van der Waals surface area contributed by atoms with Crippen molar-refractivity contribution >= 4 is 5.69 Å². The van der Waals surface area contributed by atoms with E-state index in [0.717, 1.165) is 12.8 Å². The second-order valence-electron chi connectivity index (χ2n) is 6.33. The van der Waals surface area contributed by atoms with Crippen LogP contribution in [0.1, 0.15) is 53.0 Å². The zero-order valence-electron chi connectivity index (χ0n) is 16.0. The van der Waals surface area contributed by atoms with Gasteiger partial charge in [-0.1, -0.05) is 34.6 Å². The van der Waals surface area contributed by atoms with Crippen LogP contribution in [0.4, 0.5) is 5.69 Å². The minimum atomic E-state index is -0.435. The molecule has 1 aromatic rings. The van der Waals surface area contributed by atoms with Gasteiger partial charge in [-0.2, -0.15) is 0 Å². The molecule has 24 heavy (non-hydrogen) atoms. The summed E-state index contributed by atoms with van der Waals surface area (Å²) in [7, 11) is 3.01. The lowest BCUT2D eigenvalue weighted by Gasteiger charge is -2.18. The van der Waals surface area contributed by atoms with E-state index in [1.807, 2.05) is 13.8 Å². The Hall–Kier alpha value is -1.82. The number of nitrogens with zero attached hydrogens (tertiary/aromatic N) is 1. The molecule has 0 N–H and O–H groups in total. The summed E-state index contributed by atoms with van der Waals surface area (Å²) in [6.45, 7) is 11.1. The van der Waals surface area contributed by atoms with Crippen LogP contribution < -0.4 is 9.47 Å². The Labute approximate surface area is 145 Å². The summed E-state index contributed by atoms with van der Waals surface area (Å²) in [5, 5.41) is 11.2. The lowest BCUT2D eigenvalue weighted by atomic mass is 9.91. The monoisotopic (exact) mass is 341 g/mol. The highest BCUT2D eigenvalue weighted by atomic mass is 16.6. The molecule has 0 spiro atoms. The summed E-state index contributed by atoms with van der Waals surface area (Å²) < 4.78 is 15.9. The van der Waals surface area contributed by atoms with E-state index < -0.39 is 4.92 Å². The maximum atomic E-state index is 11.2. The summed E-state index contributed by atoms with van der Waals surface area (Å²) in [4.78, 5) is 10.7. The Morgan fingerprint density at radius 2 is 1.75 bits per heavy atom. The maximum Gasteiger partial charge on any atom is 0.278 e. The molecule has 0 saturated heterocycles. The van der Waals surface area contributed by atoms with E-state index in [4.69, 9.17) is 14.2 Å². The normalized spacial score (nSPS) is 10.6. The van der Waals surface area contributed by atoms with Crippen molar-refractivity contribution in [2.75, 3.05) is 20.8 Å². The molecule has 0 atom stereocenters. The lowest BCUT2D eigenvalue weighted by Crippen LogP contribution is -2.08. The predicted molar refractivity (Wildman–Crippen MR) is 95.9 cm³/mol. The molecule has 6 nitrogen and oxygen atoms in total. The predicted octanol–water partition coefficient (Wildman–Crippen LogP) is 4.98. The molecule has 0 fully saturated rings. The molecule has 138 valence electrons. The van der Waals surface area contributed by atoms with Gasteiger partial charge in [0.2, 0.25) is 0 Å². The number of hydrogen-bond acceptors (Lipinski definition) is 5. The van der Waals surface area contributed by atoms with Crippen molar-refractivity contribution in [3.8, 4) is 11.5 Å². The van der Waals surface area contributed by atoms with Crippen LogP contribution in [-0.4, -0.2) is 25.7 Å².